The van der Waals surface area contributed by atoms with Crippen LogP contribution in [0.4, 0.5) is 0 Å². The Morgan fingerprint density at radius 3 is 2.33 bits per heavy atom. The van der Waals surface area contributed by atoms with Crippen LogP contribution in [0.2, 0.25) is 0 Å². The fourth-order valence-corrected chi connectivity index (χ4v) is 6.79. The van der Waals surface area contributed by atoms with Gasteiger partial charge < -0.3 is 24.4 Å². The number of carbonyl (C=O) groups is 3. The van der Waals surface area contributed by atoms with Crippen molar-refractivity contribution in [2.75, 3.05) is 6.61 Å². The van der Waals surface area contributed by atoms with Gasteiger partial charge in [0.1, 0.15) is 12.2 Å². The van der Waals surface area contributed by atoms with Gasteiger partial charge in [-0.2, -0.15) is 0 Å². The molecule has 0 saturated heterocycles. The Balaban J connectivity index is 1.66. The summed E-state index contributed by atoms with van der Waals surface area (Å²) in [6, 6.07) is 11.5. The van der Waals surface area contributed by atoms with Crippen molar-refractivity contribution in [3.63, 3.8) is 0 Å². The number of hydrogen-bond acceptors (Lipinski definition) is 9. The fraction of sp³-hybridized carbons (Fsp3) is 0.394. The molecule has 9 heteroatoms. The number of esters is 3. The van der Waals surface area contributed by atoms with Crippen molar-refractivity contribution in [1.82, 2.24) is 4.98 Å². The van der Waals surface area contributed by atoms with Crippen LogP contribution in [-0.2, 0) is 19.0 Å². The molecule has 1 aromatic heterocycles. The number of nitrogens with zero attached hydrogens (tertiary/aromatic N) is 1. The highest BCUT2D eigenvalue weighted by atomic mass is 16.6. The molecule has 3 aliphatic rings. The molecule has 7 atom stereocenters. The van der Waals surface area contributed by atoms with Gasteiger partial charge in [-0.1, -0.05) is 50.8 Å². The molecular formula is C33H35NO8. The van der Waals surface area contributed by atoms with Gasteiger partial charge in [-0.3, -0.25) is 4.98 Å². The Morgan fingerprint density at radius 2 is 1.69 bits per heavy atom. The van der Waals surface area contributed by atoms with Gasteiger partial charge in [0.2, 0.25) is 0 Å². The second kappa shape index (κ2) is 11.0. The summed E-state index contributed by atoms with van der Waals surface area (Å²) in [7, 11) is 0. The first-order valence-electron chi connectivity index (χ1n) is 13.9. The number of pyridine rings is 1. The molecule has 2 aliphatic carbocycles. The molecule has 2 heterocycles. The van der Waals surface area contributed by atoms with Gasteiger partial charge in [-0.25, -0.2) is 14.4 Å². The van der Waals surface area contributed by atoms with E-state index in [1.54, 1.807) is 61.5 Å². The van der Waals surface area contributed by atoms with Crippen LogP contribution in [0.1, 0.15) is 54.3 Å². The van der Waals surface area contributed by atoms with E-state index >= 15 is 0 Å². The largest absolute Gasteiger partial charge is 0.458 e. The number of aliphatic hydroxyl groups is 2. The van der Waals surface area contributed by atoms with Crippen LogP contribution in [0.5, 0.6) is 0 Å². The summed E-state index contributed by atoms with van der Waals surface area (Å²) in [5.74, 6) is -2.31. The van der Waals surface area contributed by atoms with E-state index in [2.05, 4.69) is 11.6 Å². The zero-order chi connectivity index (χ0) is 30.3. The van der Waals surface area contributed by atoms with Gasteiger partial charge in [0.05, 0.1) is 17.2 Å². The maximum atomic E-state index is 13.5. The van der Waals surface area contributed by atoms with Crippen LogP contribution in [0.25, 0.3) is 0 Å². The lowest BCUT2D eigenvalue weighted by Gasteiger charge is -2.65. The maximum absolute atomic E-state index is 13.5. The minimum atomic E-state index is -1.80. The Morgan fingerprint density at radius 1 is 1.02 bits per heavy atom. The maximum Gasteiger partial charge on any atom is 0.340 e. The molecule has 2 N–H and O–H groups in total. The highest BCUT2D eigenvalue weighted by Gasteiger charge is 2.71. The molecule has 1 aromatic carbocycles. The summed E-state index contributed by atoms with van der Waals surface area (Å²) in [6.45, 7) is 9.57. The first-order chi connectivity index (χ1) is 19.9. The van der Waals surface area contributed by atoms with Crippen molar-refractivity contribution in [1.29, 1.82) is 0 Å². The summed E-state index contributed by atoms with van der Waals surface area (Å²) in [5.41, 5.74) is -2.59. The van der Waals surface area contributed by atoms with E-state index in [0.29, 0.717) is 24.0 Å². The smallest absolute Gasteiger partial charge is 0.340 e. The highest BCUT2D eigenvalue weighted by Crippen LogP contribution is 2.64. The molecule has 0 bridgehead atoms. The van der Waals surface area contributed by atoms with E-state index in [0.717, 1.165) is 0 Å². The first-order valence-corrected chi connectivity index (χ1v) is 13.9. The molecule has 0 spiro atoms. The number of hydrogen-bond donors (Lipinski definition) is 2. The quantitative estimate of drug-likeness (QED) is 0.299. The van der Waals surface area contributed by atoms with Gasteiger partial charge in [0.25, 0.3) is 0 Å². The van der Waals surface area contributed by atoms with Gasteiger partial charge in [-0.05, 0) is 61.1 Å². The number of ether oxygens (including phenoxy) is 3. The van der Waals surface area contributed by atoms with Gasteiger partial charge in [0.15, 0.2) is 12.2 Å². The fourth-order valence-electron chi connectivity index (χ4n) is 6.79. The standard InChI is InChI=1S/C33H35NO8/c1-20-24(35)12-13-25-31(2,15-14-21-17-26(36)40-19-21)33(4,39)28(42-29(37)22-9-6-5-7-10-22)27(32(20,25)3)41-30(38)23-11-8-16-34-18-23/h5-11,14-18,24-25,27-28,35,39H,1,12-13,19H2,2-4H3/b15-14+/t24-,25+,27-,28-,31-,32-,33-/m0/s1. The molecule has 0 radical (unpaired) electrons. The lowest BCUT2D eigenvalue weighted by molar-refractivity contribution is -0.256. The monoisotopic (exact) mass is 573 g/mol. The van der Waals surface area contributed by atoms with Crippen molar-refractivity contribution >= 4 is 17.9 Å². The molecule has 220 valence electrons. The Hall–Kier alpha value is -4.08. The second-order valence-electron chi connectivity index (χ2n) is 11.8. The number of carbonyl (C=O) groups excluding carboxylic acids is 3. The molecule has 2 saturated carbocycles. The van der Waals surface area contributed by atoms with E-state index in [1.807, 2.05) is 13.8 Å². The van der Waals surface area contributed by atoms with Crippen molar-refractivity contribution in [2.45, 2.75) is 57.5 Å². The minimum Gasteiger partial charge on any atom is -0.458 e. The lowest BCUT2D eigenvalue weighted by atomic mass is 9.43. The number of benzene rings is 1. The molecule has 9 nitrogen and oxygen atoms in total. The van der Waals surface area contributed by atoms with Crippen molar-refractivity contribution in [2.24, 2.45) is 16.7 Å². The molecule has 2 aromatic rings. The third-order valence-corrected chi connectivity index (χ3v) is 9.48. The van der Waals surface area contributed by atoms with Crippen molar-refractivity contribution in [3.05, 3.63) is 102 Å². The molecule has 2 fully saturated rings. The predicted octanol–water partition coefficient (Wildman–Crippen LogP) is 3.98. The predicted molar refractivity (Wildman–Crippen MR) is 152 cm³/mol. The molecule has 0 amide bonds. The van der Waals surface area contributed by atoms with Crippen LogP contribution < -0.4 is 0 Å². The Labute approximate surface area is 244 Å². The Bertz CT molecular complexity index is 1450. The van der Waals surface area contributed by atoms with E-state index in [-0.39, 0.29) is 17.7 Å². The van der Waals surface area contributed by atoms with Gasteiger partial charge >= 0.3 is 17.9 Å². The number of aromatic nitrogens is 1. The molecule has 42 heavy (non-hydrogen) atoms. The van der Waals surface area contributed by atoms with Crippen LogP contribution in [0, 0.1) is 16.7 Å². The zero-order valence-corrected chi connectivity index (χ0v) is 23.9. The molecular weight excluding hydrogens is 538 g/mol. The second-order valence-corrected chi connectivity index (χ2v) is 11.8. The van der Waals surface area contributed by atoms with E-state index in [4.69, 9.17) is 14.2 Å². The highest BCUT2D eigenvalue weighted by molar-refractivity contribution is 5.90. The molecule has 1 aliphatic heterocycles. The average Bonchev–Trinajstić information content (AvgIpc) is 3.41. The number of rotatable bonds is 6. The summed E-state index contributed by atoms with van der Waals surface area (Å²) < 4.78 is 17.3. The topological polar surface area (TPSA) is 132 Å². The minimum absolute atomic E-state index is 0.0959. The van der Waals surface area contributed by atoms with Crippen LogP contribution in [0.15, 0.2) is 90.8 Å². The van der Waals surface area contributed by atoms with E-state index in [1.165, 1.54) is 18.5 Å². The molecule has 0 unspecified atom stereocenters. The van der Waals surface area contributed by atoms with Crippen LogP contribution in [-0.4, -0.2) is 63.6 Å². The van der Waals surface area contributed by atoms with Crippen molar-refractivity contribution in [3.8, 4) is 0 Å². The van der Waals surface area contributed by atoms with Crippen LogP contribution in [0.3, 0.4) is 0 Å². The number of fused-ring (bicyclic) bond motifs is 1. The third-order valence-electron chi connectivity index (χ3n) is 9.48. The third kappa shape index (κ3) is 4.86. The van der Waals surface area contributed by atoms with Crippen molar-refractivity contribution < 1.29 is 38.8 Å². The first kappa shape index (κ1) is 29.4. The van der Waals surface area contributed by atoms with Gasteiger partial charge in [0, 0.05) is 29.3 Å². The number of aliphatic hydroxyl groups excluding tert-OH is 1. The number of cyclic esters (lactones) is 1. The normalized spacial score (nSPS) is 34.4. The molecule has 5 rings (SSSR count). The van der Waals surface area contributed by atoms with E-state index < -0.39 is 58.6 Å². The lowest BCUT2D eigenvalue weighted by Crippen LogP contribution is -2.73. The van der Waals surface area contributed by atoms with E-state index in [9.17, 15) is 24.6 Å². The summed E-state index contributed by atoms with van der Waals surface area (Å²) in [5, 5.41) is 23.5. The van der Waals surface area contributed by atoms with Crippen LogP contribution >= 0.6 is 0 Å². The summed E-state index contributed by atoms with van der Waals surface area (Å²) in [6.07, 6.45) is 5.11. The zero-order valence-electron chi connectivity index (χ0n) is 23.9. The SMILES string of the molecule is C=C1[C@@H](O)CC[C@H]2[C@@]1(C)[C@@H](OC(=O)c1cccnc1)[C@H](OC(=O)c1ccccc1)[C@](C)(O)[C@@]2(C)/C=C/C1=CC(=O)OC1. The summed E-state index contributed by atoms with van der Waals surface area (Å²) >= 11 is 0. The average molecular weight is 574 g/mol. The Kier molecular flexibility index (Phi) is 7.68. The summed E-state index contributed by atoms with van der Waals surface area (Å²) in [4.78, 5) is 42.7. The van der Waals surface area contributed by atoms with Gasteiger partial charge in [-0.15, -0.1) is 0 Å².